The van der Waals surface area contributed by atoms with E-state index >= 15 is 0 Å². The van der Waals surface area contributed by atoms with Crippen LogP contribution in [0.2, 0.25) is 0 Å². The Morgan fingerprint density at radius 1 is 1.00 bits per heavy atom. The average molecular weight is 291 g/mol. The lowest BCUT2D eigenvalue weighted by Crippen LogP contribution is -2.01. The molecule has 0 spiro atoms. The predicted octanol–water partition coefficient (Wildman–Crippen LogP) is 5.27. The van der Waals surface area contributed by atoms with Crippen LogP contribution in [-0.4, -0.2) is 16.0 Å². The summed E-state index contributed by atoms with van der Waals surface area (Å²) in [4.78, 5) is 0. The Labute approximate surface area is 128 Å². The molecule has 0 heterocycles. The number of unbranched alkanes of at least 4 members (excludes halogenated alkanes) is 6. The number of phenols is 1. The second-order valence-electron chi connectivity index (χ2n) is 5.62. The van der Waals surface area contributed by atoms with Gasteiger partial charge in [0.25, 0.3) is 0 Å². The summed E-state index contributed by atoms with van der Waals surface area (Å²) < 4.78 is 0. The third-order valence-electron chi connectivity index (χ3n) is 3.90. The topological polar surface area (TPSA) is 52.8 Å². The molecule has 1 aromatic rings. The van der Waals surface area contributed by atoms with Crippen LogP contribution < -0.4 is 0 Å². The maximum Gasteiger partial charge on any atom is 0.124 e. The van der Waals surface area contributed by atoms with Gasteiger partial charge in [0, 0.05) is 5.56 Å². The molecule has 0 atom stereocenters. The Balaban J connectivity index is 2.44. The molecule has 0 fully saturated rings. The first-order valence-electron chi connectivity index (χ1n) is 8.26. The van der Waals surface area contributed by atoms with Crippen molar-refractivity contribution in [1.29, 1.82) is 0 Å². The summed E-state index contributed by atoms with van der Waals surface area (Å²) in [5, 5.41) is 22.1. The Morgan fingerprint density at radius 3 is 2.29 bits per heavy atom. The van der Waals surface area contributed by atoms with E-state index in [1.165, 1.54) is 50.5 Å². The fraction of sp³-hybridized carbons (Fsp3) is 0.611. The molecule has 0 unspecified atom stereocenters. The molecule has 21 heavy (non-hydrogen) atoms. The lowest BCUT2D eigenvalue weighted by molar-refractivity contribution is 0.318. The smallest absolute Gasteiger partial charge is 0.124 e. The van der Waals surface area contributed by atoms with Crippen LogP contribution >= 0.6 is 0 Å². The van der Waals surface area contributed by atoms with E-state index in [0.717, 1.165) is 6.42 Å². The molecule has 0 bridgehead atoms. The van der Waals surface area contributed by atoms with Crippen LogP contribution in [0.5, 0.6) is 5.75 Å². The highest BCUT2D eigenvalue weighted by atomic mass is 16.4. The van der Waals surface area contributed by atoms with Crippen molar-refractivity contribution in [2.75, 3.05) is 0 Å². The van der Waals surface area contributed by atoms with Gasteiger partial charge < -0.3 is 10.3 Å². The molecule has 0 aliphatic carbocycles. The number of rotatable bonds is 10. The lowest BCUT2D eigenvalue weighted by Gasteiger charge is -2.08. The van der Waals surface area contributed by atoms with Crippen molar-refractivity contribution < 1.29 is 10.3 Å². The zero-order valence-corrected chi connectivity index (χ0v) is 13.4. The van der Waals surface area contributed by atoms with Crippen LogP contribution in [-0.2, 0) is 6.42 Å². The molecule has 0 aliphatic heterocycles. The molecule has 118 valence electrons. The fourth-order valence-electron chi connectivity index (χ4n) is 2.57. The van der Waals surface area contributed by atoms with E-state index in [-0.39, 0.29) is 5.75 Å². The van der Waals surface area contributed by atoms with Crippen molar-refractivity contribution in [3.8, 4) is 5.75 Å². The van der Waals surface area contributed by atoms with Crippen molar-refractivity contribution in [3.63, 3.8) is 0 Å². The largest absolute Gasteiger partial charge is 0.507 e. The minimum Gasteiger partial charge on any atom is -0.507 e. The number of oxime groups is 1. The van der Waals surface area contributed by atoms with E-state index in [4.69, 9.17) is 5.21 Å². The average Bonchev–Trinajstić information content (AvgIpc) is 2.50. The molecule has 0 radical (unpaired) electrons. The Hall–Kier alpha value is -1.51. The summed E-state index contributed by atoms with van der Waals surface area (Å²) in [6.45, 7) is 4.15. The van der Waals surface area contributed by atoms with Gasteiger partial charge in [0.15, 0.2) is 0 Å². The van der Waals surface area contributed by atoms with E-state index in [9.17, 15) is 5.11 Å². The predicted molar refractivity (Wildman–Crippen MR) is 88.4 cm³/mol. The minimum atomic E-state index is 0.188. The molecular formula is C18H29NO2. The molecular weight excluding hydrogens is 262 g/mol. The van der Waals surface area contributed by atoms with Gasteiger partial charge >= 0.3 is 0 Å². The van der Waals surface area contributed by atoms with Crippen molar-refractivity contribution in [2.24, 2.45) is 5.16 Å². The molecule has 3 heteroatoms. The van der Waals surface area contributed by atoms with Gasteiger partial charge in [0.1, 0.15) is 5.75 Å². The van der Waals surface area contributed by atoms with Crippen LogP contribution in [0.1, 0.15) is 76.3 Å². The van der Waals surface area contributed by atoms with Crippen LogP contribution in [0.3, 0.4) is 0 Å². The van der Waals surface area contributed by atoms with Crippen molar-refractivity contribution in [2.45, 2.75) is 71.6 Å². The van der Waals surface area contributed by atoms with Gasteiger partial charge in [0.05, 0.1) is 5.71 Å². The van der Waals surface area contributed by atoms with Gasteiger partial charge in [-0.05, 0) is 37.0 Å². The van der Waals surface area contributed by atoms with E-state index in [1.807, 2.05) is 19.1 Å². The zero-order valence-electron chi connectivity index (χ0n) is 13.4. The Morgan fingerprint density at radius 2 is 1.67 bits per heavy atom. The van der Waals surface area contributed by atoms with Gasteiger partial charge in [-0.1, -0.05) is 63.6 Å². The third-order valence-corrected chi connectivity index (χ3v) is 3.90. The van der Waals surface area contributed by atoms with E-state index in [1.54, 1.807) is 6.07 Å². The molecule has 0 saturated heterocycles. The highest BCUT2D eigenvalue weighted by Gasteiger charge is 2.09. The molecule has 3 nitrogen and oxygen atoms in total. The van der Waals surface area contributed by atoms with E-state index in [2.05, 4.69) is 12.1 Å². The second kappa shape index (κ2) is 10.3. The summed E-state index contributed by atoms with van der Waals surface area (Å²) in [7, 11) is 0. The third kappa shape index (κ3) is 6.19. The SMILES string of the molecule is CCCCCCCCCc1ccc(O)c(C(CC)=NO)c1. The molecule has 0 aromatic heterocycles. The number of phenolic OH excluding ortho intramolecular Hbond substituents is 1. The van der Waals surface area contributed by atoms with Crippen molar-refractivity contribution in [3.05, 3.63) is 29.3 Å². The first-order valence-corrected chi connectivity index (χ1v) is 8.26. The highest BCUT2D eigenvalue weighted by molar-refractivity contribution is 6.02. The first kappa shape index (κ1) is 17.5. The molecule has 0 amide bonds. The van der Waals surface area contributed by atoms with Crippen LogP contribution in [0.25, 0.3) is 0 Å². The quantitative estimate of drug-likeness (QED) is 0.267. The van der Waals surface area contributed by atoms with Crippen molar-refractivity contribution >= 4 is 5.71 Å². The maximum atomic E-state index is 9.87. The van der Waals surface area contributed by atoms with Crippen LogP contribution in [0.4, 0.5) is 0 Å². The summed E-state index contributed by atoms with van der Waals surface area (Å²) in [5.41, 5.74) is 2.39. The highest BCUT2D eigenvalue weighted by Crippen LogP contribution is 2.22. The first-order chi connectivity index (χ1) is 10.2. The maximum absolute atomic E-state index is 9.87. The number of aromatic hydroxyl groups is 1. The normalized spacial score (nSPS) is 11.8. The number of hydrogen-bond donors (Lipinski definition) is 2. The molecule has 0 aliphatic rings. The monoisotopic (exact) mass is 291 g/mol. The fourth-order valence-corrected chi connectivity index (χ4v) is 2.57. The Kier molecular flexibility index (Phi) is 8.56. The minimum absolute atomic E-state index is 0.188. The van der Waals surface area contributed by atoms with Crippen LogP contribution in [0.15, 0.2) is 23.4 Å². The van der Waals surface area contributed by atoms with E-state index in [0.29, 0.717) is 17.7 Å². The van der Waals surface area contributed by atoms with Gasteiger partial charge in [-0.25, -0.2) is 0 Å². The summed E-state index contributed by atoms with van der Waals surface area (Å²) >= 11 is 0. The number of aryl methyl sites for hydroxylation is 1. The molecule has 1 aromatic carbocycles. The van der Waals surface area contributed by atoms with Gasteiger partial charge in [-0.3, -0.25) is 0 Å². The zero-order chi connectivity index (χ0) is 15.5. The lowest BCUT2D eigenvalue weighted by atomic mass is 9.99. The molecule has 1 rings (SSSR count). The summed E-state index contributed by atoms with van der Waals surface area (Å²) in [6, 6.07) is 5.61. The standard InChI is InChI=1S/C18H29NO2/c1-3-5-6-7-8-9-10-11-15-12-13-18(20)16(14-15)17(4-2)19-21/h12-14,20-21H,3-11H2,1-2H3. The van der Waals surface area contributed by atoms with Gasteiger partial charge in [-0.2, -0.15) is 0 Å². The Bertz CT molecular complexity index is 441. The summed E-state index contributed by atoms with van der Waals surface area (Å²) in [5.74, 6) is 0.188. The van der Waals surface area contributed by atoms with Crippen LogP contribution in [0, 0.1) is 0 Å². The van der Waals surface area contributed by atoms with E-state index < -0.39 is 0 Å². The van der Waals surface area contributed by atoms with Gasteiger partial charge in [-0.15, -0.1) is 0 Å². The number of benzene rings is 1. The number of hydrogen-bond acceptors (Lipinski definition) is 3. The molecule has 2 N–H and O–H groups in total. The van der Waals surface area contributed by atoms with Gasteiger partial charge in [0.2, 0.25) is 0 Å². The summed E-state index contributed by atoms with van der Waals surface area (Å²) in [6.07, 6.45) is 10.7. The number of nitrogens with zero attached hydrogens (tertiary/aromatic N) is 1. The molecule has 0 saturated carbocycles. The van der Waals surface area contributed by atoms with Crippen molar-refractivity contribution in [1.82, 2.24) is 0 Å². The second-order valence-corrected chi connectivity index (χ2v) is 5.62.